The van der Waals surface area contributed by atoms with E-state index in [1.807, 2.05) is 18.7 Å². The maximum absolute atomic E-state index is 13.6. The van der Waals surface area contributed by atoms with Gasteiger partial charge in [0.15, 0.2) is 23.4 Å². The maximum atomic E-state index is 13.6. The van der Waals surface area contributed by atoms with E-state index in [0.717, 1.165) is 37.4 Å². The fraction of sp³-hybridized carbons (Fsp3) is 0.529. The van der Waals surface area contributed by atoms with Crippen LogP contribution in [0.3, 0.4) is 0 Å². The SMILES string of the molecule is CCNC(=NCC(=O)Nc1ccc(F)c(F)c1F)N1CCSC(CC)C1.I. The Morgan fingerprint density at radius 2 is 2.04 bits per heavy atom. The lowest BCUT2D eigenvalue weighted by molar-refractivity contribution is -0.114. The zero-order valence-electron chi connectivity index (χ0n) is 15.2. The summed E-state index contributed by atoms with van der Waals surface area (Å²) in [6.07, 6.45) is 1.05. The number of anilines is 1. The highest BCUT2D eigenvalue weighted by Crippen LogP contribution is 2.21. The van der Waals surface area contributed by atoms with Crippen molar-refractivity contribution in [2.24, 2.45) is 4.99 Å². The zero-order chi connectivity index (χ0) is 19.1. The third-order valence-electron chi connectivity index (χ3n) is 3.91. The second-order valence-electron chi connectivity index (χ2n) is 5.79. The number of nitrogens with one attached hydrogen (secondary N) is 2. The molecule has 1 aliphatic heterocycles. The lowest BCUT2D eigenvalue weighted by atomic mass is 10.2. The van der Waals surface area contributed by atoms with E-state index in [0.29, 0.717) is 17.8 Å². The van der Waals surface area contributed by atoms with Crippen molar-refractivity contribution in [3.63, 3.8) is 0 Å². The molecule has 1 atom stereocenters. The van der Waals surface area contributed by atoms with Gasteiger partial charge < -0.3 is 15.5 Å². The fourth-order valence-electron chi connectivity index (χ4n) is 2.54. The molecule has 1 aliphatic rings. The Morgan fingerprint density at radius 3 is 2.70 bits per heavy atom. The van der Waals surface area contributed by atoms with Crippen LogP contribution in [0.1, 0.15) is 20.3 Å². The summed E-state index contributed by atoms with van der Waals surface area (Å²) in [6, 6.07) is 1.74. The van der Waals surface area contributed by atoms with Crippen molar-refractivity contribution in [3.8, 4) is 0 Å². The van der Waals surface area contributed by atoms with Crippen molar-refractivity contribution in [1.82, 2.24) is 10.2 Å². The molecule has 27 heavy (non-hydrogen) atoms. The largest absolute Gasteiger partial charge is 0.357 e. The third-order valence-corrected chi connectivity index (χ3v) is 5.28. The van der Waals surface area contributed by atoms with Gasteiger partial charge >= 0.3 is 0 Å². The lowest BCUT2D eigenvalue weighted by Gasteiger charge is -2.34. The number of nitrogens with zero attached hydrogens (tertiary/aromatic N) is 2. The van der Waals surface area contributed by atoms with E-state index in [4.69, 9.17) is 0 Å². The van der Waals surface area contributed by atoms with Crippen LogP contribution in [0.15, 0.2) is 17.1 Å². The van der Waals surface area contributed by atoms with Crippen molar-refractivity contribution >= 4 is 53.3 Å². The topological polar surface area (TPSA) is 56.7 Å². The van der Waals surface area contributed by atoms with E-state index in [1.165, 1.54) is 0 Å². The molecule has 1 fully saturated rings. The highest BCUT2D eigenvalue weighted by molar-refractivity contribution is 14.0. The van der Waals surface area contributed by atoms with Crippen LogP contribution in [0.5, 0.6) is 0 Å². The van der Waals surface area contributed by atoms with Crippen molar-refractivity contribution in [2.45, 2.75) is 25.5 Å². The van der Waals surface area contributed by atoms with Gasteiger partial charge in [0.2, 0.25) is 5.91 Å². The minimum absolute atomic E-state index is 0. The Morgan fingerprint density at radius 1 is 1.30 bits per heavy atom. The maximum Gasteiger partial charge on any atom is 0.246 e. The molecule has 1 aromatic rings. The molecule has 0 bridgehead atoms. The van der Waals surface area contributed by atoms with Crippen LogP contribution in [0.25, 0.3) is 0 Å². The van der Waals surface area contributed by atoms with Gasteiger partial charge in [-0.3, -0.25) is 4.79 Å². The molecule has 5 nitrogen and oxygen atoms in total. The Bertz CT molecular complexity index is 678. The molecule has 152 valence electrons. The summed E-state index contributed by atoms with van der Waals surface area (Å²) in [6.45, 7) is 6.13. The summed E-state index contributed by atoms with van der Waals surface area (Å²) < 4.78 is 39.8. The van der Waals surface area contributed by atoms with Crippen LogP contribution < -0.4 is 10.6 Å². The number of hydrogen-bond donors (Lipinski definition) is 2. The fourth-order valence-corrected chi connectivity index (χ4v) is 3.72. The predicted molar refractivity (Wildman–Crippen MR) is 114 cm³/mol. The quantitative estimate of drug-likeness (QED) is 0.273. The van der Waals surface area contributed by atoms with E-state index in [-0.39, 0.29) is 30.5 Å². The number of halogens is 4. The minimum Gasteiger partial charge on any atom is -0.357 e. The molecular weight excluding hydrogens is 492 g/mol. The molecular formula is C17H24F3IN4OS. The van der Waals surface area contributed by atoms with Gasteiger partial charge in [0.05, 0.1) is 5.69 Å². The number of rotatable bonds is 5. The van der Waals surface area contributed by atoms with Crippen molar-refractivity contribution in [2.75, 3.05) is 37.2 Å². The lowest BCUT2D eigenvalue weighted by Crippen LogP contribution is -2.48. The third kappa shape index (κ3) is 6.74. The number of hydrogen-bond acceptors (Lipinski definition) is 3. The molecule has 1 amide bonds. The van der Waals surface area contributed by atoms with Crippen LogP contribution in [0.2, 0.25) is 0 Å². The summed E-state index contributed by atoms with van der Waals surface area (Å²) in [5.41, 5.74) is -0.408. The van der Waals surface area contributed by atoms with Crippen molar-refractivity contribution in [1.29, 1.82) is 0 Å². The molecule has 1 aromatic carbocycles. The smallest absolute Gasteiger partial charge is 0.246 e. The van der Waals surface area contributed by atoms with Crippen LogP contribution in [-0.4, -0.2) is 53.9 Å². The molecule has 1 saturated heterocycles. The highest BCUT2D eigenvalue weighted by Gasteiger charge is 2.22. The van der Waals surface area contributed by atoms with Crippen LogP contribution >= 0.6 is 35.7 Å². The Balaban J connectivity index is 0.00000364. The number of carbonyl (C=O) groups is 1. The van der Waals surface area contributed by atoms with Crippen LogP contribution in [0, 0.1) is 17.5 Å². The normalized spacial score (nSPS) is 17.3. The van der Waals surface area contributed by atoms with Crippen molar-refractivity contribution < 1.29 is 18.0 Å². The number of guanidine groups is 1. The van der Waals surface area contributed by atoms with Crippen LogP contribution in [-0.2, 0) is 4.79 Å². The summed E-state index contributed by atoms with van der Waals surface area (Å²) in [4.78, 5) is 18.4. The molecule has 1 heterocycles. The van der Waals surface area contributed by atoms with Gasteiger partial charge in [-0.2, -0.15) is 11.8 Å². The molecule has 2 rings (SSSR count). The first-order valence-electron chi connectivity index (χ1n) is 8.54. The number of aliphatic imine (C=N–C) groups is 1. The first-order chi connectivity index (χ1) is 12.5. The van der Waals surface area contributed by atoms with Gasteiger partial charge in [-0.15, -0.1) is 24.0 Å². The second-order valence-corrected chi connectivity index (χ2v) is 7.20. The zero-order valence-corrected chi connectivity index (χ0v) is 18.4. The summed E-state index contributed by atoms with van der Waals surface area (Å²) in [7, 11) is 0. The van der Waals surface area contributed by atoms with E-state index in [1.54, 1.807) is 0 Å². The Hall–Kier alpha value is -1.17. The summed E-state index contributed by atoms with van der Waals surface area (Å²) in [5.74, 6) is -3.35. The first-order valence-corrected chi connectivity index (χ1v) is 9.59. The molecule has 0 aromatic heterocycles. The molecule has 0 saturated carbocycles. The highest BCUT2D eigenvalue weighted by atomic mass is 127. The van der Waals surface area contributed by atoms with E-state index < -0.39 is 29.0 Å². The van der Waals surface area contributed by atoms with Gasteiger partial charge in [-0.1, -0.05) is 6.92 Å². The van der Waals surface area contributed by atoms with E-state index >= 15 is 0 Å². The van der Waals surface area contributed by atoms with E-state index in [2.05, 4.69) is 27.4 Å². The second kappa shape index (κ2) is 11.6. The van der Waals surface area contributed by atoms with E-state index in [9.17, 15) is 18.0 Å². The van der Waals surface area contributed by atoms with Gasteiger partial charge in [0, 0.05) is 30.6 Å². The Kier molecular flexibility index (Phi) is 10.3. The van der Waals surface area contributed by atoms with Gasteiger partial charge in [-0.25, -0.2) is 18.2 Å². The average molecular weight is 516 g/mol. The monoisotopic (exact) mass is 516 g/mol. The Labute approximate surface area is 178 Å². The minimum atomic E-state index is -1.61. The number of benzene rings is 1. The molecule has 10 heteroatoms. The van der Waals surface area contributed by atoms with Gasteiger partial charge in [0.25, 0.3) is 0 Å². The van der Waals surface area contributed by atoms with Crippen LogP contribution in [0.4, 0.5) is 18.9 Å². The van der Waals surface area contributed by atoms with Gasteiger partial charge in [-0.05, 0) is 25.5 Å². The number of thioether (sulfide) groups is 1. The van der Waals surface area contributed by atoms with Gasteiger partial charge in [0.1, 0.15) is 6.54 Å². The standard InChI is InChI=1S/C17H23F3N4OS.HI/c1-3-11-10-24(7-8-26-11)17(21-4-2)22-9-14(25)23-13-6-5-12(18)15(19)16(13)20;/h5-6,11H,3-4,7-10H2,1-2H3,(H,21,22)(H,23,25);1H. The molecule has 1 unspecified atom stereocenters. The number of carbonyl (C=O) groups excluding carboxylic acids is 1. The average Bonchev–Trinajstić information content (AvgIpc) is 2.65. The first kappa shape index (κ1) is 23.9. The van der Waals surface area contributed by atoms with Crippen molar-refractivity contribution in [3.05, 3.63) is 29.6 Å². The predicted octanol–water partition coefficient (Wildman–Crippen LogP) is 3.45. The summed E-state index contributed by atoms with van der Waals surface area (Å²) >= 11 is 1.92. The molecule has 0 radical (unpaired) electrons. The molecule has 0 aliphatic carbocycles. The molecule has 0 spiro atoms. The number of amides is 1. The molecule has 2 N–H and O–H groups in total. The summed E-state index contributed by atoms with van der Waals surface area (Å²) in [5, 5.41) is 5.88.